The summed E-state index contributed by atoms with van der Waals surface area (Å²) in [7, 11) is 0. The maximum absolute atomic E-state index is 6.54. The van der Waals surface area contributed by atoms with Gasteiger partial charge in [0, 0.05) is 58.4 Å². The summed E-state index contributed by atoms with van der Waals surface area (Å²) in [6.07, 6.45) is 0. The van der Waals surface area contributed by atoms with Gasteiger partial charge in [0.15, 0.2) is 17.5 Å². The van der Waals surface area contributed by atoms with Crippen LogP contribution >= 0.6 is 11.3 Å². The first-order chi connectivity index (χ1) is 27.2. The van der Waals surface area contributed by atoms with E-state index in [1.807, 2.05) is 30.3 Å². The zero-order valence-electron chi connectivity index (χ0n) is 29.2. The lowest BCUT2D eigenvalue weighted by molar-refractivity contribution is 0.669. The van der Waals surface area contributed by atoms with Gasteiger partial charge >= 0.3 is 0 Å². The number of hydrogen-bond donors (Lipinski definition) is 0. The van der Waals surface area contributed by atoms with E-state index in [4.69, 9.17) is 23.8 Å². The third-order valence-electron chi connectivity index (χ3n) is 10.7. The van der Waals surface area contributed by atoms with E-state index in [1.165, 1.54) is 14.8 Å². The van der Waals surface area contributed by atoms with Crippen LogP contribution in [0.25, 0.3) is 120 Å². The average Bonchev–Trinajstić information content (AvgIpc) is 3.94. The van der Waals surface area contributed by atoms with Crippen molar-refractivity contribution in [3.8, 4) is 45.3 Å². The highest BCUT2D eigenvalue weighted by molar-refractivity contribution is 7.25. The molecule has 12 aromatic rings. The van der Waals surface area contributed by atoms with Gasteiger partial charge in [-0.2, -0.15) is 0 Å². The molecular formula is C49H27N3O2S. The second kappa shape index (κ2) is 11.7. The van der Waals surface area contributed by atoms with Crippen LogP contribution in [0, 0.1) is 0 Å². The quantitative estimate of drug-likeness (QED) is 0.181. The lowest BCUT2D eigenvalue weighted by Gasteiger charge is -2.11. The van der Waals surface area contributed by atoms with Crippen LogP contribution in [0.2, 0.25) is 0 Å². The van der Waals surface area contributed by atoms with Crippen LogP contribution in [0.1, 0.15) is 0 Å². The van der Waals surface area contributed by atoms with Gasteiger partial charge in [0.05, 0.1) is 0 Å². The molecule has 0 atom stereocenters. The zero-order valence-corrected chi connectivity index (χ0v) is 30.0. The summed E-state index contributed by atoms with van der Waals surface area (Å²) in [6.45, 7) is 0. The molecule has 0 unspecified atom stereocenters. The van der Waals surface area contributed by atoms with Crippen molar-refractivity contribution in [1.29, 1.82) is 0 Å². The SMILES string of the molecule is c1ccc(-c2ccc3c(c2)oc2cccc(-c4nc(-c5ccc6ccc7oc8ccccc8c7c6c5)nc(-c5cccc6sc7ccccc7c56)n4)c23)cc1. The normalized spacial score (nSPS) is 12.0. The first-order valence-electron chi connectivity index (χ1n) is 18.3. The van der Waals surface area contributed by atoms with E-state index in [0.29, 0.717) is 17.5 Å². The molecule has 0 fully saturated rings. The van der Waals surface area contributed by atoms with Crippen molar-refractivity contribution < 1.29 is 8.83 Å². The molecule has 0 aliphatic heterocycles. The van der Waals surface area contributed by atoms with Crippen LogP contribution in [-0.2, 0) is 0 Å². The van der Waals surface area contributed by atoms with E-state index < -0.39 is 0 Å². The number of benzene rings is 8. The Balaban J connectivity index is 1.13. The fourth-order valence-corrected chi connectivity index (χ4v) is 9.34. The molecular weight excluding hydrogens is 695 g/mol. The fraction of sp³-hybridized carbons (Fsp3) is 0. The van der Waals surface area contributed by atoms with Crippen molar-refractivity contribution in [2.75, 3.05) is 0 Å². The van der Waals surface area contributed by atoms with Crippen LogP contribution in [0.3, 0.4) is 0 Å². The maximum Gasteiger partial charge on any atom is 0.164 e. The van der Waals surface area contributed by atoms with Crippen molar-refractivity contribution in [3.05, 3.63) is 164 Å². The lowest BCUT2D eigenvalue weighted by Crippen LogP contribution is -2.00. The molecule has 6 heteroatoms. The van der Waals surface area contributed by atoms with Crippen LogP contribution in [0.15, 0.2) is 173 Å². The topological polar surface area (TPSA) is 65.0 Å². The standard InChI is InChI=1S/C49H27N3O2S/c1-2-10-28(11-3-1)30-22-24-33-41(27-30)54-39-17-8-14-35(44(33)39)48-50-47(51-49(52-48)36-15-9-19-43-46(36)34-13-5-7-18-42(34)55-43)31-21-20-29-23-25-40-45(37(29)26-31)32-12-4-6-16-38(32)53-40/h1-27H. The van der Waals surface area contributed by atoms with Gasteiger partial charge in [-0.1, -0.05) is 115 Å². The molecule has 256 valence electrons. The van der Waals surface area contributed by atoms with E-state index >= 15 is 0 Å². The van der Waals surface area contributed by atoms with Gasteiger partial charge in [0.2, 0.25) is 0 Å². The van der Waals surface area contributed by atoms with Crippen molar-refractivity contribution in [2.24, 2.45) is 0 Å². The lowest BCUT2D eigenvalue weighted by atomic mass is 10.0. The molecule has 8 aromatic carbocycles. The fourth-order valence-electron chi connectivity index (χ4n) is 8.21. The highest BCUT2D eigenvalue weighted by Crippen LogP contribution is 2.42. The second-order valence-corrected chi connectivity index (χ2v) is 15.0. The molecule has 0 radical (unpaired) electrons. The predicted octanol–water partition coefficient (Wildman–Crippen LogP) is 13.9. The highest BCUT2D eigenvalue weighted by Gasteiger charge is 2.21. The number of fused-ring (bicyclic) bond motifs is 11. The van der Waals surface area contributed by atoms with E-state index in [2.05, 4.69) is 133 Å². The summed E-state index contributed by atoms with van der Waals surface area (Å²) < 4.78 is 15.2. The summed E-state index contributed by atoms with van der Waals surface area (Å²) >= 11 is 1.79. The Kier molecular flexibility index (Phi) is 6.44. The summed E-state index contributed by atoms with van der Waals surface area (Å²) in [5.74, 6) is 1.81. The Morgan fingerprint density at radius 2 is 0.982 bits per heavy atom. The van der Waals surface area contributed by atoms with Gasteiger partial charge < -0.3 is 8.83 Å². The molecule has 0 saturated heterocycles. The molecule has 4 aromatic heterocycles. The van der Waals surface area contributed by atoms with E-state index in [1.54, 1.807) is 11.3 Å². The van der Waals surface area contributed by atoms with Crippen molar-refractivity contribution in [3.63, 3.8) is 0 Å². The monoisotopic (exact) mass is 721 g/mol. The molecule has 0 aliphatic carbocycles. The molecule has 0 amide bonds. The molecule has 55 heavy (non-hydrogen) atoms. The van der Waals surface area contributed by atoms with Gasteiger partial charge in [-0.15, -0.1) is 11.3 Å². The van der Waals surface area contributed by atoms with Crippen LogP contribution in [0.5, 0.6) is 0 Å². The number of para-hydroxylation sites is 1. The minimum Gasteiger partial charge on any atom is -0.456 e. The number of rotatable bonds is 4. The summed E-state index contributed by atoms with van der Waals surface area (Å²) in [6, 6.07) is 56.7. The second-order valence-electron chi connectivity index (χ2n) is 13.9. The minimum atomic E-state index is 0.587. The van der Waals surface area contributed by atoms with Crippen molar-refractivity contribution >= 4 is 86.2 Å². The van der Waals surface area contributed by atoms with Crippen LogP contribution in [0.4, 0.5) is 0 Å². The van der Waals surface area contributed by atoms with Crippen LogP contribution in [-0.4, -0.2) is 15.0 Å². The summed E-state index contributed by atoms with van der Waals surface area (Å²) in [5, 5.41) is 8.72. The Hall–Kier alpha value is -7.15. The Morgan fingerprint density at radius 1 is 0.345 bits per heavy atom. The molecule has 0 saturated carbocycles. The number of aromatic nitrogens is 3. The Labute approximate surface area is 317 Å². The maximum atomic E-state index is 6.54. The van der Waals surface area contributed by atoms with Gasteiger partial charge in [0.1, 0.15) is 22.3 Å². The van der Waals surface area contributed by atoms with Gasteiger partial charge in [-0.05, 0) is 70.4 Å². The minimum absolute atomic E-state index is 0.587. The third-order valence-corrected chi connectivity index (χ3v) is 11.9. The van der Waals surface area contributed by atoms with E-state index in [-0.39, 0.29) is 0 Å². The predicted molar refractivity (Wildman–Crippen MR) is 227 cm³/mol. The van der Waals surface area contributed by atoms with Crippen molar-refractivity contribution in [2.45, 2.75) is 0 Å². The number of nitrogens with zero attached hydrogens (tertiary/aromatic N) is 3. The summed E-state index contributed by atoms with van der Waals surface area (Å²) in [5.41, 5.74) is 8.33. The average molecular weight is 722 g/mol. The zero-order chi connectivity index (χ0) is 36.0. The van der Waals surface area contributed by atoms with Gasteiger partial charge in [0.25, 0.3) is 0 Å². The summed E-state index contributed by atoms with van der Waals surface area (Å²) in [4.78, 5) is 15.9. The number of hydrogen-bond acceptors (Lipinski definition) is 6. The molecule has 4 heterocycles. The van der Waals surface area contributed by atoms with E-state index in [0.717, 1.165) is 87.9 Å². The third kappa shape index (κ3) is 4.68. The Morgan fingerprint density at radius 3 is 1.87 bits per heavy atom. The van der Waals surface area contributed by atoms with Crippen molar-refractivity contribution in [1.82, 2.24) is 15.0 Å². The smallest absolute Gasteiger partial charge is 0.164 e. The van der Waals surface area contributed by atoms with Gasteiger partial charge in [-0.25, -0.2) is 15.0 Å². The molecule has 5 nitrogen and oxygen atoms in total. The number of furan rings is 2. The molecule has 0 N–H and O–H groups in total. The first-order valence-corrected chi connectivity index (χ1v) is 19.1. The van der Waals surface area contributed by atoms with Gasteiger partial charge in [-0.3, -0.25) is 0 Å². The highest BCUT2D eigenvalue weighted by atomic mass is 32.1. The Bertz CT molecular complexity index is 3510. The molecule has 12 rings (SSSR count). The molecule has 0 spiro atoms. The largest absolute Gasteiger partial charge is 0.456 e. The molecule has 0 bridgehead atoms. The molecule has 0 aliphatic rings. The first kappa shape index (κ1) is 30.3. The van der Waals surface area contributed by atoms with E-state index in [9.17, 15) is 0 Å². The van der Waals surface area contributed by atoms with Crippen LogP contribution < -0.4 is 0 Å². The number of thiophene rings is 1.